The minimum Gasteiger partial charge on any atom is -0.480 e. The molecular formula is C15H19NO5S. The maximum atomic E-state index is 12.4. The summed E-state index contributed by atoms with van der Waals surface area (Å²) in [5.74, 6) is -2.31. The first-order valence-electron chi connectivity index (χ1n) is 7.13. The van der Waals surface area contributed by atoms with Gasteiger partial charge in [0.05, 0.1) is 17.9 Å². The molecule has 1 N–H and O–H groups in total. The van der Waals surface area contributed by atoms with Crippen molar-refractivity contribution in [3.63, 3.8) is 0 Å². The van der Waals surface area contributed by atoms with Crippen LogP contribution in [0.1, 0.15) is 18.1 Å². The van der Waals surface area contributed by atoms with Crippen molar-refractivity contribution in [3.05, 3.63) is 35.4 Å². The number of aryl methyl sites for hydroxylation is 1. The highest BCUT2D eigenvalue weighted by molar-refractivity contribution is 7.91. The average molecular weight is 325 g/mol. The Bertz CT molecular complexity index is 683. The van der Waals surface area contributed by atoms with Crippen molar-refractivity contribution in [1.29, 1.82) is 0 Å². The van der Waals surface area contributed by atoms with E-state index in [-0.39, 0.29) is 24.6 Å². The van der Waals surface area contributed by atoms with Gasteiger partial charge in [-0.15, -0.1) is 0 Å². The van der Waals surface area contributed by atoms with Crippen LogP contribution >= 0.6 is 0 Å². The second kappa shape index (κ2) is 6.48. The normalized spacial score (nSPS) is 20.6. The predicted octanol–water partition coefficient (Wildman–Crippen LogP) is 0.502. The SMILES string of the molecule is CCc1ccccc1CC(=O)N1CCS(=O)(=O)CC1C(=O)O. The molecule has 0 aromatic heterocycles. The molecule has 1 fully saturated rings. The molecule has 22 heavy (non-hydrogen) atoms. The second-order valence-corrected chi connectivity index (χ2v) is 7.58. The van der Waals surface area contributed by atoms with Crippen LogP contribution in [-0.4, -0.2) is 54.4 Å². The molecule has 1 heterocycles. The maximum absolute atomic E-state index is 12.4. The molecule has 1 amide bonds. The zero-order valence-corrected chi connectivity index (χ0v) is 13.2. The van der Waals surface area contributed by atoms with Crippen LogP contribution in [0, 0.1) is 0 Å². The van der Waals surface area contributed by atoms with E-state index in [4.69, 9.17) is 0 Å². The summed E-state index contributed by atoms with van der Waals surface area (Å²) in [4.78, 5) is 24.9. The van der Waals surface area contributed by atoms with Crippen molar-refractivity contribution in [2.24, 2.45) is 0 Å². The van der Waals surface area contributed by atoms with Gasteiger partial charge in [-0.25, -0.2) is 13.2 Å². The number of carbonyl (C=O) groups excluding carboxylic acids is 1. The van der Waals surface area contributed by atoms with Crippen molar-refractivity contribution in [3.8, 4) is 0 Å². The Kier molecular flexibility index (Phi) is 4.85. The first-order chi connectivity index (χ1) is 10.3. The monoisotopic (exact) mass is 325 g/mol. The summed E-state index contributed by atoms with van der Waals surface area (Å²) in [6.45, 7) is 1.92. The molecule has 1 aromatic carbocycles. The van der Waals surface area contributed by atoms with Crippen LogP contribution < -0.4 is 0 Å². The van der Waals surface area contributed by atoms with Gasteiger partial charge in [0.15, 0.2) is 9.84 Å². The van der Waals surface area contributed by atoms with E-state index in [1.165, 1.54) is 4.90 Å². The minimum atomic E-state index is -3.40. The minimum absolute atomic E-state index is 0.0631. The lowest BCUT2D eigenvalue weighted by Crippen LogP contribution is -2.55. The summed E-state index contributed by atoms with van der Waals surface area (Å²) in [7, 11) is -3.40. The van der Waals surface area contributed by atoms with Gasteiger partial charge in [-0.1, -0.05) is 31.2 Å². The zero-order chi connectivity index (χ0) is 16.3. The summed E-state index contributed by atoms with van der Waals surface area (Å²) in [5.41, 5.74) is 1.89. The van der Waals surface area contributed by atoms with Crippen molar-refractivity contribution < 1.29 is 23.1 Å². The summed E-state index contributed by atoms with van der Waals surface area (Å²) < 4.78 is 23.2. The van der Waals surface area contributed by atoms with Crippen molar-refractivity contribution >= 4 is 21.7 Å². The molecule has 1 unspecified atom stereocenters. The van der Waals surface area contributed by atoms with Crippen LogP contribution in [0.3, 0.4) is 0 Å². The van der Waals surface area contributed by atoms with Gasteiger partial charge in [-0.2, -0.15) is 0 Å². The Hall–Kier alpha value is -1.89. The first-order valence-corrected chi connectivity index (χ1v) is 8.95. The molecule has 0 saturated carbocycles. The number of aliphatic carboxylic acids is 1. The number of nitrogens with zero attached hydrogens (tertiary/aromatic N) is 1. The molecule has 0 aliphatic carbocycles. The third-order valence-corrected chi connectivity index (χ3v) is 5.51. The van der Waals surface area contributed by atoms with Gasteiger partial charge in [0.25, 0.3) is 0 Å². The van der Waals surface area contributed by atoms with Crippen molar-refractivity contribution in [2.75, 3.05) is 18.1 Å². The highest BCUT2D eigenvalue weighted by Gasteiger charge is 2.38. The number of amides is 1. The van der Waals surface area contributed by atoms with Crippen LogP contribution in [0.15, 0.2) is 24.3 Å². The summed E-state index contributed by atoms with van der Waals surface area (Å²) >= 11 is 0. The lowest BCUT2D eigenvalue weighted by Gasteiger charge is -2.33. The van der Waals surface area contributed by atoms with Gasteiger partial charge in [0.2, 0.25) is 5.91 Å². The van der Waals surface area contributed by atoms with Crippen LogP contribution in [0.2, 0.25) is 0 Å². The standard InChI is InChI=1S/C15H19NO5S/c1-2-11-5-3-4-6-12(11)9-14(17)16-7-8-22(20,21)10-13(16)15(18)19/h3-6,13H,2,7-10H2,1H3,(H,18,19). The van der Waals surface area contributed by atoms with E-state index in [1.807, 2.05) is 31.2 Å². The number of benzene rings is 1. The highest BCUT2D eigenvalue weighted by Crippen LogP contribution is 2.16. The summed E-state index contributed by atoms with van der Waals surface area (Å²) in [6.07, 6.45) is 0.869. The Morgan fingerprint density at radius 1 is 1.27 bits per heavy atom. The van der Waals surface area contributed by atoms with E-state index >= 15 is 0 Å². The summed E-state index contributed by atoms with van der Waals surface area (Å²) in [5, 5.41) is 9.20. The fraction of sp³-hybridized carbons (Fsp3) is 0.467. The molecule has 6 nitrogen and oxygen atoms in total. The first kappa shape index (κ1) is 16.5. The van der Waals surface area contributed by atoms with E-state index < -0.39 is 27.6 Å². The molecule has 120 valence electrons. The smallest absolute Gasteiger partial charge is 0.327 e. The van der Waals surface area contributed by atoms with Crippen molar-refractivity contribution in [2.45, 2.75) is 25.8 Å². The lowest BCUT2D eigenvalue weighted by atomic mass is 10.0. The summed E-state index contributed by atoms with van der Waals surface area (Å²) in [6, 6.07) is 6.20. The molecule has 1 aliphatic rings. The topological polar surface area (TPSA) is 91.8 Å². The number of carboxylic acids is 1. The van der Waals surface area contributed by atoms with E-state index in [0.29, 0.717) is 0 Å². The van der Waals surface area contributed by atoms with Gasteiger partial charge >= 0.3 is 5.97 Å². The third-order valence-electron chi connectivity index (χ3n) is 3.88. The quantitative estimate of drug-likeness (QED) is 0.870. The molecule has 1 atom stereocenters. The maximum Gasteiger partial charge on any atom is 0.327 e. The Balaban J connectivity index is 2.19. The number of hydrogen-bond acceptors (Lipinski definition) is 4. The molecule has 0 bridgehead atoms. The highest BCUT2D eigenvalue weighted by atomic mass is 32.2. The number of sulfone groups is 1. The van der Waals surface area contributed by atoms with Gasteiger partial charge in [-0.3, -0.25) is 4.79 Å². The van der Waals surface area contributed by atoms with E-state index in [2.05, 4.69) is 0 Å². The Morgan fingerprint density at radius 2 is 1.91 bits per heavy atom. The lowest BCUT2D eigenvalue weighted by molar-refractivity contribution is -0.149. The molecule has 0 radical (unpaired) electrons. The largest absolute Gasteiger partial charge is 0.480 e. The molecular weight excluding hydrogens is 306 g/mol. The van der Waals surface area contributed by atoms with Crippen molar-refractivity contribution in [1.82, 2.24) is 4.90 Å². The fourth-order valence-corrected chi connectivity index (χ4v) is 4.09. The number of carboxylic acid groups (broad SMARTS) is 1. The molecule has 7 heteroatoms. The van der Waals surface area contributed by atoms with E-state index in [9.17, 15) is 23.1 Å². The van der Waals surface area contributed by atoms with E-state index in [1.54, 1.807) is 0 Å². The second-order valence-electron chi connectivity index (χ2n) is 5.35. The van der Waals surface area contributed by atoms with Gasteiger partial charge in [-0.05, 0) is 17.5 Å². The van der Waals surface area contributed by atoms with Crippen LogP contribution in [0.25, 0.3) is 0 Å². The van der Waals surface area contributed by atoms with Gasteiger partial charge in [0.1, 0.15) is 6.04 Å². The van der Waals surface area contributed by atoms with Crippen LogP contribution in [0.4, 0.5) is 0 Å². The molecule has 1 aliphatic heterocycles. The van der Waals surface area contributed by atoms with Crippen LogP contribution in [0.5, 0.6) is 0 Å². The zero-order valence-electron chi connectivity index (χ0n) is 12.4. The molecule has 2 rings (SSSR count). The molecule has 1 aromatic rings. The molecule has 0 spiro atoms. The predicted molar refractivity (Wildman–Crippen MR) is 81.3 cm³/mol. The number of carbonyl (C=O) groups is 2. The Morgan fingerprint density at radius 3 is 2.50 bits per heavy atom. The average Bonchev–Trinajstić information content (AvgIpc) is 2.46. The van der Waals surface area contributed by atoms with Crippen LogP contribution in [-0.2, 0) is 32.3 Å². The molecule has 1 saturated heterocycles. The van der Waals surface area contributed by atoms with Gasteiger partial charge < -0.3 is 10.0 Å². The van der Waals surface area contributed by atoms with Gasteiger partial charge in [0, 0.05) is 6.54 Å². The third kappa shape index (κ3) is 3.65. The fourth-order valence-electron chi connectivity index (χ4n) is 2.65. The van der Waals surface area contributed by atoms with E-state index in [0.717, 1.165) is 17.5 Å². The Labute approximate surface area is 129 Å². The number of rotatable bonds is 4. The number of hydrogen-bond donors (Lipinski definition) is 1.